The average Bonchev–Trinajstić information content (AvgIpc) is 3.20. The van der Waals surface area contributed by atoms with Crippen LogP contribution >= 0.6 is 0 Å². The molecule has 2 aliphatic heterocycles. The Kier molecular flexibility index (Phi) is 11.7. The number of nitrogens with one attached hydrogen (secondary N) is 1. The zero-order valence-corrected chi connectivity index (χ0v) is 26.3. The third-order valence-corrected chi connectivity index (χ3v) is 8.34. The number of urea groups is 1. The van der Waals surface area contributed by atoms with Crippen LogP contribution in [-0.4, -0.2) is 91.0 Å². The largest absolute Gasteiger partial charge is 0.436 e. The molecular formula is C34H40F3N5O4. The lowest BCUT2D eigenvalue weighted by Crippen LogP contribution is -2.51. The molecule has 2 aromatic carbocycles. The summed E-state index contributed by atoms with van der Waals surface area (Å²) in [6, 6.07) is 12.1. The molecule has 46 heavy (non-hydrogen) atoms. The lowest BCUT2D eigenvalue weighted by atomic mass is 10.0. The van der Waals surface area contributed by atoms with E-state index in [1.165, 1.54) is 21.9 Å². The number of aliphatic imine (C=N–C) groups is 1. The third-order valence-electron chi connectivity index (χ3n) is 8.34. The van der Waals surface area contributed by atoms with E-state index < -0.39 is 29.8 Å². The number of likely N-dealkylation sites (tertiary alicyclic amines) is 1. The van der Waals surface area contributed by atoms with Gasteiger partial charge in [-0.05, 0) is 60.9 Å². The minimum absolute atomic E-state index is 0.0516. The number of fused-ring (bicyclic) bond motifs is 1. The number of benzene rings is 2. The number of amides is 4. The van der Waals surface area contributed by atoms with E-state index in [0.29, 0.717) is 51.9 Å². The van der Waals surface area contributed by atoms with Crippen LogP contribution in [-0.2, 0) is 28.5 Å². The van der Waals surface area contributed by atoms with Crippen LogP contribution in [0.1, 0.15) is 42.9 Å². The minimum Gasteiger partial charge on any atom is -0.436 e. The molecule has 2 aliphatic rings. The Hall–Kier alpha value is -4.53. The van der Waals surface area contributed by atoms with Crippen LogP contribution in [0.25, 0.3) is 0 Å². The van der Waals surface area contributed by atoms with Gasteiger partial charge in [-0.25, -0.2) is 14.6 Å². The maximum atomic E-state index is 13.5. The quantitative estimate of drug-likeness (QED) is 0.277. The summed E-state index contributed by atoms with van der Waals surface area (Å²) in [5.41, 5.74) is 4.06. The molecule has 2 heterocycles. The third kappa shape index (κ3) is 9.25. The molecule has 0 aromatic heterocycles. The molecule has 12 heteroatoms. The van der Waals surface area contributed by atoms with Crippen LogP contribution in [0.4, 0.5) is 28.4 Å². The molecule has 0 radical (unpaired) electrons. The van der Waals surface area contributed by atoms with Crippen LogP contribution in [0.5, 0.6) is 0 Å². The van der Waals surface area contributed by atoms with Gasteiger partial charge in [0, 0.05) is 64.3 Å². The van der Waals surface area contributed by atoms with E-state index in [2.05, 4.69) is 21.9 Å². The Balaban J connectivity index is 1.41. The van der Waals surface area contributed by atoms with Gasteiger partial charge in [-0.2, -0.15) is 13.2 Å². The number of piperidine rings is 1. The molecule has 4 amide bonds. The summed E-state index contributed by atoms with van der Waals surface area (Å²) in [6.07, 6.45) is -2.70. The van der Waals surface area contributed by atoms with Crippen molar-refractivity contribution in [3.05, 3.63) is 77.0 Å². The zero-order chi connectivity index (χ0) is 33.3. The fourth-order valence-electron chi connectivity index (χ4n) is 5.64. The second-order valence-electron chi connectivity index (χ2n) is 11.7. The molecule has 0 saturated carbocycles. The number of anilines is 1. The van der Waals surface area contributed by atoms with Gasteiger partial charge in [0.25, 0.3) is 5.91 Å². The molecular weight excluding hydrogens is 599 g/mol. The summed E-state index contributed by atoms with van der Waals surface area (Å²) >= 11 is 0. The van der Waals surface area contributed by atoms with Crippen LogP contribution in [0.15, 0.2) is 65.3 Å². The number of halogens is 3. The summed E-state index contributed by atoms with van der Waals surface area (Å²) in [6.45, 7) is 3.43. The van der Waals surface area contributed by atoms with Gasteiger partial charge in [-0.3, -0.25) is 4.79 Å². The van der Waals surface area contributed by atoms with Gasteiger partial charge in [0.1, 0.15) is 0 Å². The van der Waals surface area contributed by atoms with E-state index in [1.807, 2.05) is 31.2 Å². The highest BCUT2D eigenvalue weighted by Crippen LogP contribution is 2.30. The maximum Gasteiger partial charge on any atom is 0.416 e. The standard InChI is InChI=1S/C34H40F3N5O4/c1-24(8-7-17-38-2)13-18-40(3)31(43)30(23-25-9-6-11-27(22-25)34(35,36)37)46-33(45)41-19-15-28(16-20-41)42-21-14-26-10-4-5-12-29(26)39-32(42)44/h4-6,8-12,22,24,28,30H,13-16,18-21,23H2,1-3H3,(H,39,44)/t24?,30-/m1/s1. The number of hydrogen-bond acceptors (Lipinski definition) is 5. The summed E-state index contributed by atoms with van der Waals surface area (Å²) in [5.74, 6) is 2.15. The number of carbonyl (C=O) groups excluding carboxylic acids is 3. The van der Waals surface area contributed by atoms with Crippen LogP contribution in [0, 0.1) is 5.92 Å². The highest BCUT2D eigenvalue weighted by atomic mass is 19.4. The van der Waals surface area contributed by atoms with Crippen molar-refractivity contribution < 1.29 is 32.3 Å². The maximum absolute atomic E-state index is 13.5. The van der Waals surface area contributed by atoms with Gasteiger partial charge < -0.3 is 24.8 Å². The Bertz CT molecular complexity index is 1490. The van der Waals surface area contributed by atoms with Crippen molar-refractivity contribution in [2.24, 2.45) is 10.9 Å². The van der Waals surface area contributed by atoms with Crippen molar-refractivity contribution in [3.63, 3.8) is 0 Å². The second kappa shape index (κ2) is 15.7. The van der Waals surface area contributed by atoms with Crippen molar-refractivity contribution >= 4 is 29.6 Å². The van der Waals surface area contributed by atoms with E-state index in [1.54, 1.807) is 25.1 Å². The molecule has 1 fully saturated rings. The predicted octanol–water partition coefficient (Wildman–Crippen LogP) is 5.80. The summed E-state index contributed by atoms with van der Waals surface area (Å²) in [4.78, 5) is 48.3. The van der Waals surface area contributed by atoms with Crippen LogP contribution in [0.2, 0.25) is 0 Å². The number of rotatable bonds is 9. The summed E-state index contributed by atoms with van der Waals surface area (Å²) < 4.78 is 45.9. The SMILES string of the molecule is CN=C=C=CC(C)CCN(C)C(=O)[C@@H](Cc1cccc(C(F)(F)F)c1)OC(=O)N1CCC(N2CCc3ccccc3NC2=O)CC1. The minimum atomic E-state index is -4.55. The topological polar surface area (TPSA) is 94.6 Å². The smallest absolute Gasteiger partial charge is 0.416 e. The van der Waals surface area contributed by atoms with E-state index in [-0.39, 0.29) is 30.0 Å². The van der Waals surface area contributed by atoms with E-state index in [4.69, 9.17) is 4.74 Å². The molecule has 9 nitrogen and oxygen atoms in total. The Labute approximate surface area is 267 Å². The molecule has 1 N–H and O–H groups in total. The number of hydrogen-bond donors (Lipinski definition) is 1. The fourth-order valence-corrected chi connectivity index (χ4v) is 5.64. The van der Waals surface area contributed by atoms with Crippen molar-refractivity contribution in [2.75, 3.05) is 45.6 Å². The van der Waals surface area contributed by atoms with Crippen molar-refractivity contribution in [1.82, 2.24) is 14.7 Å². The first-order valence-electron chi connectivity index (χ1n) is 15.4. The molecule has 246 valence electrons. The van der Waals surface area contributed by atoms with Gasteiger partial charge >= 0.3 is 18.3 Å². The van der Waals surface area contributed by atoms with Gasteiger partial charge in [0.2, 0.25) is 0 Å². The number of alkyl halides is 3. The Morgan fingerprint density at radius 2 is 1.89 bits per heavy atom. The number of nitrogens with zero attached hydrogens (tertiary/aromatic N) is 4. The van der Waals surface area contributed by atoms with Crippen LogP contribution in [0.3, 0.4) is 0 Å². The highest BCUT2D eigenvalue weighted by molar-refractivity contribution is 5.91. The number of carbonyl (C=O) groups is 3. The monoisotopic (exact) mass is 639 g/mol. The lowest BCUT2D eigenvalue weighted by molar-refractivity contribution is -0.139. The molecule has 1 unspecified atom stereocenters. The summed E-state index contributed by atoms with van der Waals surface area (Å²) in [5, 5.41) is 2.98. The predicted molar refractivity (Wildman–Crippen MR) is 169 cm³/mol. The number of ether oxygens (including phenoxy) is 1. The number of likely N-dealkylation sites (N-methyl/N-ethyl adjacent to an activating group) is 1. The summed E-state index contributed by atoms with van der Waals surface area (Å²) in [7, 11) is 3.16. The first-order valence-corrected chi connectivity index (χ1v) is 15.4. The molecule has 2 atom stereocenters. The first-order chi connectivity index (χ1) is 22.0. The van der Waals surface area contributed by atoms with Gasteiger partial charge in [0.15, 0.2) is 6.10 Å². The number of allylic oxidation sites excluding steroid dienone is 1. The molecule has 1 saturated heterocycles. The van der Waals surface area contributed by atoms with E-state index in [0.717, 1.165) is 23.4 Å². The molecule has 0 aliphatic carbocycles. The molecule has 0 spiro atoms. The van der Waals surface area contributed by atoms with Gasteiger partial charge in [0.05, 0.1) is 5.56 Å². The lowest BCUT2D eigenvalue weighted by Gasteiger charge is -2.38. The molecule has 4 rings (SSSR count). The zero-order valence-electron chi connectivity index (χ0n) is 26.3. The van der Waals surface area contributed by atoms with Crippen LogP contribution < -0.4 is 5.32 Å². The van der Waals surface area contributed by atoms with Crippen molar-refractivity contribution in [1.29, 1.82) is 0 Å². The Morgan fingerprint density at radius 3 is 2.61 bits per heavy atom. The number of para-hydroxylation sites is 1. The second-order valence-corrected chi connectivity index (χ2v) is 11.7. The van der Waals surface area contributed by atoms with E-state index >= 15 is 0 Å². The normalized spacial score (nSPS) is 16.5. The molecule has 0 bridgehead atoms. The van der Waals surface area contributed by atoms with E-state index in [9.17, 15) is 27.6 Å². The van der Waals surface area contributed by atoms with Gasteiger partial charge in [-0.15, -0.1) is 0 Å². The first kappa shape index (κ1) is 34.3. The average molecular weight is 640 g/mol. The molecule has 2 aromatic rings. The Morgan fingerprint density at radius 1 is 1.15 bits per heavy atom. The fraction of sp³-hybridized carbons (Fsp3) is 0.471. The van der Waals surface area contributed by atoms with Gasteiger partial charge in [-0.1, -0.05) is 49.1 Å². The van der Waals surface area contributed by atoms with Crippen molar-refractivity contribution in [3.8, 4) is 0 Å². The van der Waals surface area contributed by atoms with Crippen molar-refractivity contribution in [2.45, 2.75) is 57.3 Å². The highest BCUT2D eigenvalue weighted by Gasteiger charge is 2.35.